The molecule has 3 aromatic rings. The summed E-state index contributed by atoms with van der Waals surface area (Å²) in [6.07, 6.45) is 0. The highest BCUT2D eigenvalue weighted by molar-refractivity contribution is 5.86. The maximum absolute atomic E-state index is 12.3. The number of carboxylic acid groups (broad SMARTS) is 1. The van der Waals surface area contributed by atoms with Gasteiger partial charge in [0, 0.05) is 0 Å². The summed E-state index contributed by atoms with van der Waals surface area (Å²) in [5, 5.41) is 12.4. The first kappa shape index (κ1) is 19.2. The molecule has 2 aromatic carbocycles. The Labute approximate surface area is 160 Å². The minimum absolute atomic E-state index is 0.321. The van der Waals surface area contributed by atoms with E-state index in [0.717, 1.165) is 10.9 Å². The number of carbonyl (C=O) groups is 2. The Morgan fingerprint density at radius 3 is 2.68 bits per heavy atom. The Morgan fingerprint density at radius 2 is 1.93 bits per heavy atom. The first-order valence-electron chi connectivity index (χ1n) is 8.64. The zero-order chi connectivity index (χ0) is 20.3. The summed E-state index contributed by atoms with van der Waals surface area (Å²) in [5.74, 6) is -1.03. The highest BCUT2D eigenvalue weighted by Crippen LogP contribution is 2.32. The summed E-state index contributed by atoms with van der Waals surface area (Å²) in [7, 11) is 0. The SMILES string of the molecule is Cc1ccc(OCC(=O)NC(C)C(=O)O)c(-c2cc3ccccc3c(=O)o2)c1. The van der Waals surface area contributed by atoms with Crippen molar-refractivity contribution in [3.63, 3.8) is 0 Å². The Balaban J connectivity index is 1.91. The van der Waals surface area contributed by atoms with Crippen LogP contribution < -0.4 is 15.7 Å². The molecule has 3 rings (SSSR count). The number of carboxylic acids is 1. The molecule has 0 saturated carbocycles. The molecule has 0 bridgehead atoms. The van der Waals surface area contributed by atoms with Gasteiger partial charge in [-0.2, -0.15) is 0 Å². The number of hydrogen-bond donors (Lipinski definition) is 2. The Morgan fingerprint density at radius 1 is 1.18 bits per heavy atom. The highest BCUT2D eigenvalue weighted by atomic mass is 16.5. The van der Waals surface area contributed by atoms with Crippen LogP contribution in [-0.2, 0) is 9.59 Å². The molecular formula is C21H19NO6. The van der Waals surface area contributed by atoms with Crippen molar-refractivity contribution in [3.8, 4) is 17.1 Å². The summed E-state index contributed by atoms with van der Waals surface area (Å²) in [5.41, 5.74) is 0.984. The number of nitrogens with one attached hydrogen (secondary N) is 1. The second-order valence-corrected chi connectivity index (χ2v) is 6.40. The summed E-state index contributed by atoms with van der Waals surface area (Å²) in [6.45, 7) is 2.88. The quantitative estimate of drug-likeness (QED) is 0.680. The predicted molar refractivity (Wildman–Crippen MR) is 103 cm³/mol. The molecule has 0 aliphatic carbocycles. The fourth-order valence-corrected chi connectivity index (χ4v) is 2.72. The average Bonchev–Trinajstić information content (AvgIpc) is 2.66. The fraction of sp³-hybridized carbons (Fsp3) is 0.190. The Bertz CT molecular complexity index is 1100. The second kappa shape index (κ2) is 7.96. The van der Waals surface area contributed by atoms with Crippen LogP contribution in [0, 0.1) is 6.92 Å². The van der Waals surface area contributed by atoms with Gasteiger partial charge in [-0.15, -0.1) is 0 Å². The number of ether oxygens (including phenoxy) is 1. The van der Waals surface area contributed by atoms with Crippen molar-refractivity contribution in [2.24, 2.45) is 0 Å². The number of amides is 1. The van der Waals surface area contributed by atoms with Crippen molar-refractivity contribution in [2.45, 2.75) is 19.9 Å². The van der Waals surface area contributed by atoms with Crippen LogP contribution in [0.15, 0.2) is 57.7 Å². The van der Waals surface area contributed by atoms with Gasteiger partial charge in [-0.25, -0.2) is 4.79 Å². The van der Waals surface area contributed by atoms with Crippen molar-refractivity contribution in [1.82, 2.24) is 5.32 Å². The largest absolute Gasteiger partial charge is 0.483 e. The van der Waals surface area contributed by atoms with Gasteiger partial charge in [0.15, 0.2) is 6.61 Å². The van der Waals surface area contributed by atoms with Gasteiger partial charge in [0.05, 0.1) is 10.9 Å². The standard InChI is InChI=1S/C21H19NO6/c1-12-7-8-17(27-11-19(23)22-13(2)20(24)25)16(9-12)18-10-14-5-3-4-6-15(14)21(26)28-18/h3-10,13H,11H2,1-2H3,(H,22,23)(H,24,25). The molecule has 1 atom stereocenters. The Kier molecular flexibility index (Phi) is 5.44. The van der Waals surface area contributed by atoms with E-state index in [2.05, 4.69) is 5.32 Å². The van der Waals surface area contributed by atoms with Gasteiger partial charge < -0.3 is 19.6 Å². The highest BCUT2D eigenvalue weighted by Gasteiger charge is 2.16. The molecule has 1 amide bonds. The number of hydrogen-bond acceptors (Lipinski definition) is 5. The van der Waals surface area contributed by atoms with E-state index in [0.29, 0.717) is 22.5 Å². The van der Waals surface area contributed by atoms with Crippen LogP contribution in [0.2, 0.25) is 0 Å². The molecule has 1 unspecified atom stereocenters. The van der Waals surface area contributed by atoms with Gasteiger partial charge in [0.1, 0.15) is 17.6 Å². The number of carbonyl (C=O) groups excluding carboxylic acids is 1. The smallest absolute Gasteiger partial charge is 0.344 e. The summed E-state index contributed by atoms with van der Waals surface area (Å²) < 4.78 is 11.0. The molecule has 7 heteroatoms. The van der Waals surface area contributed by atoms with E-state index in [1.807, 2.05) is 19.1 Å². The van der Waals surface area contributed by atoms with Crippen LogP contribution >= 0.6 is 0 Å². The van der Waals surface area contributed by atoms with E-state index in [-0.39, 0.29) is 6.61 Å². The van der Waals surface area contributed by atoms with Crippen LogP contribution in [-0.4, -0.2) is 29.6 Å². The molecule has 2 N–H and O–H groups in total. The lowest BCUT2D eigenvalue weighted by molar-refractivity contribution is -0.141. The minimum Gasteiger partial charge on any atom is -0.483 e. The lowest BCUT2D eigenvalue weighted by Crippen LogP contribution is -2.40. The van der Waals surface area contributed by atoms with Crippen LogP contribution in [0.3, 0.4) is 0 Å². The number of benzene rings is 2. The molecule has 7 nitrogen and oxygen atoms in total. The van der Waals surface area contributed by atoms with Crippen LogP contribution in [0.4, 0.5) is 0 Å². The van der Waals surface area contributed by atoms with Crippen molar-refractivity contribution in [3.05, 3.63) is 64.5 Å². The summed E-state index contributed by atoms with van der Waals surface area (Å²) in [4.78, 5) is 35.0. The van der Waals surface area contributed by atoms with Gasteiger partial charge in [-0.05, 0) is 43.5 Å². The topological polar surface area (TPSA) is 106 Å². The average molecular weight is 381 g/mol. The van der Waals surface area contributed by atoms with E-state index in [1.54, 1.807) is 36.4 Å². The van der Waals surface area contributed by atoms with Gasteiger partial charge in [0.25, 0.3) is 5.91 Å². The summed E-state index contributed by atoms with van der Waals surface area (Å²) >= 11 is 0. The number of aryl methyl sites for hydroxylation is 1. The second-order valence-electron chi connectivity index (χ2n) is 6.40. The van der Waals surface area contributed by atoms with Gasteiger partial charge >= 0.3 is 11.6 Å². The van der Waals surface area contributed by atoms with Crippen molar-refractivity contribution < 1.29 is 23.8 Å². The maximum Gasteiger partial charge on any atom is 0.344 e. The lowest BCUT2D eigenvalue weighted by Gasteiger charge is -2.13. The third-order valence-electron chi connectivity index (χ3n) is 4.18. The molecule has 28 heavy (non-hydrogen) atoms. The molecule has 144 valence electrons. The number of rotatable bonds is 6. The molecule has 0 spiro atoms. The normalized spacial score (nSPS) is 11.8. The third kappa shape index (κ3) is 4.20. The first-order chi connectivity index (χ1) is 13.3. The van der Waals surface area contributed by atoms with Crippen LogP contribution in [0.25, 0.3) is 22.1 Å². The van der Waals surface area contributed by atoms with E-state index in [1.165, 1.54) is 6.92 Å². The third-order valence-corrected chi connectivity index (χ3v) is 4.18. The minimum atomic E-state index is -1.14. The van der Waals surface area contributed by atoms with Gasteiger partial charge in [-0.3, -0.25) is 9.59 Å². The molecule has 0 radical (unpaired) electrons. The number of fused-ring (bicyclic) bond motifs is 1. The molecule has 0 aliphatic heterocycles. The van der Waals surface area contributed by atoms with Gasteiger partial charge in [-0.1, -0.05) is 29.8 Å². The van der Waals surface area contributed by atoms with Crippen LogP contribution in [0.1, 0.15) is 12.5 Å². The molecular weight excluding hydrogens is 362 g/mol. The molecule has 0 aliphatic rings. The van der Waals surface area contributed by atoms with E-state index >= 15 is 0 Å². The lowest BCUT2D eigenvalue weighted by atomic mass is 10.1. The monoisotopic (exact) mass is 381 g/mol. The molecule has 0 saturated heterocycles. The van der Waals surface area contributed by atoms with Gasteiger partial charge in [0.2, 0.25) is 0 Å². The Hall–Kier alpha value is -3.61. The van der Waals surface area contributed by atoms with E-state index in [4.69, 9.17) is 14.3 Å². The molecule has 1 aromatic heterocycles. The molecule has 1 heterocycles. The summed E-state index contributed by atoms with van der Waals surface area (Å²) in [6, 6.07) is 13.1. The van der Waals surface area contributed by atoms with Crippen LogP contribution in [0.5, 0.6) is 5.75 Å². The fourth-order valence-electron chi connectivity index (χ4n) is 2.72. The van der Waals surface area contributed by atoms with E-state index in [9.17, 15) is 14.4 Å². The zero-order valence-corrected chi connectivity index (χ0v) is 15.4. The van der Waals surface area contributed by atoms with Crippen molar-refractivity contribution in [1.29, 1.82) is 0 Å². The maximum atomic E-state index is 12.3. The zero-order valence-electron chi connectivity index (χ0n) is 15.4. The van der Waals surface area contributed by atoms with Crippen molar-refractivity contribution in [2.75, 3.05) is 6.61 Å². The van der Waals surface area contributed by atoms with Crippen molar-refractivity contribution >= 4 is 22.6 Å². The van der Waals surface area contributed by atoms with E-state index < -0.39 is 23.5 Å². The molecule has 0 fully saturated rings. The predicted octanol–water partition coefficient (Wildman–Crippen LogP) is 2.74. The first-order valence-corrected chi connectivity index (χ1v) is 8.64. The number of aliphatic carboxylic acids is 1.